The second kappa shape index (κ2) is 8.81. The Morgan fingerprint density at radius 2 is 1.92 bits per heavy atom. The van der Waals surface area contributed by atoms with Crippen molar-refractivity contribution in [1.29, 1.82) is 0 Å². The monoisotopic (exact) mass is 334 g/mol. The van der Waals surface area contributed by atoms with E-state index in [0.29, 0.717) is 31.5 Å². The first-order valence-electron chi connectivity index (χ1n) is 8.79. The Labute approximate surface area is 143 Å². The molecular weight excluding hydrogens is 307 g/mol. The van der Waals surface area contributed by atoms with Crippen LogP contribution in [0.1, 0.15) is 38.2 Å². The highest BCUT2D eigenvalue weighted by atomic mass is 19.1. The molecule has 132 valence electrons. The van der Waals surface area contributed by atoms with E-state index in [-0.39, 0.29) is 30.0 Å². The summed E-state index contributed by atoms with van der Waals surface area (Å²) in [6.07, 6.45) is 3.56. The van der Waals surface area contributed by atoms with Crippen LogP contribution in [0.15, 0.2) is 24.3 Å². The molecule has 0 unspecified atom stereocenters. The minimum Gasteiger partial charge on any atom is -0.346 e. The van der Waals surface area contributed by atoms with Gasteiger partial charge in [0.15, 0.2) is 0 Å². The molecule has 1 aromatic carbocycles. The number of carbonyl (C=O) groups is 2. The van der Waals surface area contributed by atoms with Crippen molar-refractivity contribution in [2.45, 2.75) is 39.0 Å². The summed E-state index contributed by atoms with van der Waals surface area (Å²) in [7, 11) is 1.85. The number of hydrogen-bond acceptors (Lipinski definition) is 2. The SMILES string of the molecule is CCCCN(C)C(=O)C1CCN(C(=O)Cc2ccccc2F)CC1. The molecule has 0 N–H and O–H groups in total. The maximum absolute atomic E-state index is 13.7. The Morgan fingerprint density at radius 3 is 2.54 bits per heavy atom. The molecule has 0 saturated carbocycles. The lowest BCUT2D eigenvalue weighted by atomic mass is 9.95. The van der Waals surface area contributed by atoms with Crippen molar-refractivity contribution in [3.63, 3.8) is 0 Å². The zero-order chi connectivity index (χ0) is 17.5. The van der Waals surface area contributed by atoms with E-state index in [9.17, 15) is 14.0 Å². The van der Waals surface area contributed by atoms with Crippen LogP contribution >= 0.6 is 0 Å². The summed E-state index contributed by atoms with van der Waals surface area (Å²) in [5.41, 5.74) is 0.431. The number of unbranched alkanes of at least 4 members (excludes halogenated alkanes) is 1. The molecule has 24 heavy (non-hydrogen) atoms. The Balaban J connectivity index is 1.83. The summed E-state index contributed by atoms with van der Waals surface area (Å²) < 4.78 is 13.7. The highest BCUT2D eigenvalue weighted by Gasteiger charge is 2.29. The van der Waals surface area contributed by atoms with Crippen molar-refractivity contribution in [3.05, 3.63) is 35.6 Å². The molecule has 0 bridgehead atoms. The first kappa shape index (κ1) is 18.4. The number of halogens is 1. The molecule has 1 fully saturated rings. The van der Waals surface area contributed by atoms with Gasteiger partial charge in [0.1, 0.15) is 5.82 Å². The van der Waals surface area contributed by atoms with E-state index in [0.717, 1.165) is 19.4 Å². The van der Waals surface area contributed by atoms with Gasteiger partial charge in [-0.1, -0.05) is 31.5 Å². The lowest BCUT2D eigenvalue weighted by Gasteiger charge is -2.33. The Kier molecular flexibility index (Phi) is 6.76. The third kappa shape index (κ3) is 4.79. The van der Waals surface area contributed by atoms with Gasteiger partial charge in [-0.15, -0.1) is 0 Å². The molecular formula is C19H27FN2O2. The third-order valence-electron chi connectivity index (χ3n) is 4.72. The fourth-order valence-corrected chi connectivity index (χ4v) is 3.11. The van der Waals surface area contributed by atoms with Gasteiger partial charge in [-0.25, -0.2) is 4.39 Å². The van der Waals surface area contributed by atoms with Crippen molar-refractivity contribution >= 4 is 11.8 Å². The zero-order valence-corrected chi connectivity index (χ0v) is 14.6. The van der Waals surface area contributed by atoms with Gasteiger partial charge in [-0.3, -0.25) is 9.59 Å². The van der Waals surface area contributed by atoms with Crippen molar-refractivity contribution < 1.29 is 14.0 Å². The van der Waals surface area contributed by atoms with E-state index in [1.807, 2.05) is 11.9 Å². The van der Waals surface area contributed by atoms with Gasteiger partial charge in [0, 0.05) is 32.6 Å². The number of carbonyl (C=O) groups excluding carboxylic acids is 2. The topological polar surface area (TPSA) is 40.6 Å². The van der Waals surface area contributed by atoms with E-state index < -0.39 is 0 Å². The van der Waals surface area contributed by atoms with Crippen LogP contribution in [0.3, 0.4) is 0 Å². The molecule has 0 spiro atoms. The second-order valence-corrected chi connectivity index (χ2v) is 6.54. The van der Waals surface area contributed by atoms with E-state index in [4.69, 9.17) is 0 Å². The van der Waals surface area contributed by atoms with Crippen LogP contribution in [0.5, 0.6) is 0 Å². The van der Waals surface area contributed by atoms with E-state index in [1.54, 1.807) is 23.1 Å². The first-order chi connectivity index (χ1) is 11.5. The highest BCUT2D eigenvalue weighted by molar-refractivity contribution is 5.81. The minimum absolute atomic E-state index is 0.00404. The van der Waals surface area contributed by atoms with Crippen molar-refractivity contribution in [2.75, 3.05) is 26.7 Å². The molecule has 0 radical (unpaired) electrons. The van der Waals surface area contributed by atoms with Gasteiger partial charge >= 0.3 is 0 Å². The number of likely N-dealkylation sites (tertiary alicyclic amines) is 1. The normalized spacial score (nSPS) is 15.4. The van der Waals surface area contributed by atoms with Crippen LogP contribution in [0.4, 0.5) is 4.39 Å². The van der Waals surface area contributed by atoms with Gasteiger partial charge < -0.3 is 9.80 Å². The predicted molar refractivity (Wildman–Crippen MR) is 92.0 cm³/mol. The maximum atomic E-state index is 13.7. The Bertz CT molecular complexity index is 568. The number of amides is 2. The van der Waals surface area contributed by atoms with E-state index in [2.05, 4.69) is 6.92 Å². The lowest BCUT2D eigenvalue weighted by molar-refractivity contribution is -0.139. The Hall–Kier alpha value is -1.91. The number of hydrogen-bond donors (Lipinski definition) is 0. The zero-order valence-electron chi connectivity index (χ0n) is 14.6. The standard InChI is InChI=1S/C19H27FN2O2/c1-3-4-11-21(2)19(24)15-9-12-22(13-10-15)18(23)14-16-7-5-6-8-17(16)20/h5-8,15H,3-4,9-14H2,1-2H3. The lowest BCUT2D eigenvalue weighted by Crippen LogP contribution is -2.44. The van der Waals surface area contributed by atoms with E-state index >= 15 is 0 Å². The predicted octanol–water partition coefficient (Wildman–Crippen LogP) is 2.87. The maximum Gasteiger partial charge on any atom is 0.227 e. The van der Waals surface area contributed by atoms with Crippen LogP contribution in [0, 0.1) is 11.7 Å². The summed E-state index contributed by atoms with van der Waals surface area (Å²) in [5, 5.41) is 0. The summed E-state index contributed by atoms with van der Waals surface area (Å²) in [5.74, 6) is -0.215. The first-order valence-corrected chi connectivity index (χ1v) is 8.79. The largest absolute Gasteiger partial charge is 0.346 e. The van der Waals surface area contributed by atoms with Gasteiger partial charge in [0.05, 0.1) is 6.42 Å². The molecule has 4 nitrogen and oxygen atoms in total. The molecule has 1 saturated heterocycles. The summed E-state index contributed by atoms with van der Waals surface area (Å²) in [6.45, 7) is 4.05. The number of piperidine rings is 1. The number of nitrogens with zero attached hydrogens (tertiary/aromatic N) is 2. The average molecular weight is 334 g/mol. The smallest absolute Gasteiger partial charge is 0.227 e. The molecule has 1 aromatic rings. The minimum atomic E-state index is -0.339. The molecule has 1 aliphatic heterocycles. The molecule has 2 amide bonds. The molecule has 0 aliphatic carbocycles. The summed E-state index contributed by atoms with van der Waals surface area (Å²) >= 11 is 0. The van der Waals surface area contributed by atoms with Gasteiger partial charge in [0.25, 0.3) is 0 Å². The van der Waals surface area contributed by atoms with Gasteiger partial charge in [0.2, 0.25) is 11.8 Å². The van der Waals surface area contributed by atoms with Crippen LogP contribution in [-0.4, -0.2) is 48.3 Å². The quantitative estimate of drug-likeness (QED) is 0.803. The molecule has 0 atom stereocenters. The van der Waals surface area contributed by atoms with Crippen LogP contribution in [0.2, 0.25) is 0 Å². The van der Waals surface area contributed by atoms with Crippen LogP contribution in [0.25, 0.3) is 0 Å². The number of rotatable bonds is 6. The molecule has 0 aromatic heterocycles. The van der Waals surface area contributed by atoms with Gasteiger partial charge in [-0.05, 0) is 30.9 Å². The van der Waals surface area contributed by atoms with E-state index in [1.165, 1.54) is 6.07 Å². The van der Waals surface area contributed by atoms with Crippen LogP contribution in [-0.2, 0) is 16.0 Å². The third-order valence-corrected chi connectivity index (χ3v) is 4.72. The summed E-state index contributed by atoms with van der Waals surface area (Å²) in [6, 6.07) is 6.38. The van der Waals surface area contributed by atoms with Crippen molar-refractivity contribution in [1.82, 2.24) is 9.80 Å². The number of benzene rings is 1. The fraction of sp³-hybridized carbons (Fsp3) is 0.579. The molecule has 1 aliphatic rings. The average Bonchev–Trinajstić information content (AvgIpc) is 2.61. The molecule has 1 heterocycles. The second-order valence-electron chi connectivity index (χ2n) is 6.54. The molecule has 5 heteroatoms. The van der Waals surface area contributed by atoms with Crippen LogP contribution < -0.4 is 0 Å². The van der Waals surface area contributed by atoms with Crippen molar-refractivity contribution in [3.8, 4) is 0 Å². The molecule has 2 rings (SSSR count). The highest BCUT2D eigenvalue weighted by Crippen LogP contribution is 2.20. The fourth-order valence-electron chi connectivity index (χ4n) is 3.11. The van der Waals surface area contributed by atoms with Gasteiger partial charge in [-0.2, -0.15) is 0 Å². The van der Waals surface area contributed by atoms with Crippen molar-refractivity contribution in [2.24, 2.45) is 5.92 Å². The Morgan fingerprint density at radius 1 is 1.25 bits per heavy atom. The summed E-state index contributed by atoms with van der Waals surface area (Å²) in [4.78, 5) is 28.3.